The highest BCUT2D eigenvalue weighted by Crippen LogP contribution is 2.41. The van der Waals surface area contributed by atoms with Crippen LogP contribution in [0.4, 0.5) is 43.9 Å². The Morgan fingerprint density at radius 3 is 1.98 bits per heavy atom. The lowest BCUT2D eigenvalue weighted by Gasteiger charge is -2.23. The highest BCUT2D eigenvalue weighted by molar-refractivity contribution is 6.34. The smallest absolute Gasteiger partial charge is 0.341 e. The maximum absolute atomic E-state index is 14.9. The van der Waals surface area contributed by atoms with Crippen molar-refractivity contribution in [3.05, 3.63) is 74.8 Å². The number of carbonyl (C=O) groups is 2. The van der Waals surface area contributed by atoms with Gasteiger partial charge in [-0.25, -0.2) is 4.39 Å². The first-order chi connectivity index (χ1) is 18.1. The molecule has 0 aliphatic heterocycles. The molecule has 2 rings (SSSR count). The molecule has 0 heterocycles. The van der Waals surface area contributed by atoms with Crippen LogP contribution in [0.3, 0.4) is 0 Å². The van der Waals surface area contributed by atoms with Crippen molar-refractivity contribution in [3.8, 4) is 0 Å². The highest BCUT2D eigenvalue weighted by atomic mass is 35.5. The third-order valence-electron chi connectivity index (χ3n) is 5.27. The van der Waals surface area contributed by atoms with Gasteiger partial charge in [0, 0.05) is 22.7 Å². The summed E-state index contributed by atoms with van der Waals surface area (Å²) < 4.78 is 135. The van der Waals surface area contributed by atoms with Gasteiger partial charge in [-0.3, -0.25) is 9.59 Å². The number of benzene rings is 2. The van der Waals surface area contributed by atoms with Crippen molar-refractivity contribution in [2.24, 2.45) is 0 Å². The summed E-state index contributed by atoms with van der Waals surface area (Å²) in [5, 5.41) is 1.41. The Morgan fingerprint density at radius 1 is 0.950 bits per heavy atom. The number of nitrogens with one attached hydrogen (secondary N) is 1. The van der Waals surface area contributed by atoms with E-state index >= 15 is 0 Å². The number of nitrogens with zero attached hydrogens (tertiary/aromatic N) is 1. The van der Waals surface area contributed by atoms with Gasteiger partial charge in [-0.05, 0) is 48.9 Å². The second-order valence-electron chi connectivity index (χ2n) is 8.50. The average molecular weight is 627 g/mol. The molecule has 2 aromatic rings. The van der Waals surface area contributed by atoms with Crippen LogP contribution in [0.5, 0.6) is 0 Å². The molecule has 0 fully saturated rings. The fraction of sp³-hybridized carbons (Fsp3) is 0.333. The van der Waals surface area contributed by atoms with Gasteiger partial charge in [-0.2, -0.15) is 39.5 Å². The van der Waals surface area contributed by atoms with Gasteiger partial charge >= 0.3 is 18.5 Å². The fourth-order valence-electron chi connectivity index (χ4n) is 3.52. The van der Waals surface area contributed by atoms with Crippen molar-refractivity contribution >= 4 is 40.8 Å². The average Bonchev–Trinajstić information content (AvgIpc) is 2.78. The highest BCUT2D eigenvalue weighted by Gasteiger charge is 2.41. The van der Waals surface area contributed by atoms with E-state index in [0.29, 0.717) is 12.1 Å². The third-order valence-corrected chi connectivity index (χ3v) is 5.70. The normalized spacial score (nSPS) is 14.5. The molecule has 4 nitrogen and oxygen atoms in total. The first-order valence-electron chi connectivity index (χ1n) is 10.8. The molecule has 0 aliphatic carbocycles. The standard InChI is InChI=1S/C24H18Cl2F10N2O2/c1-11(21(40)38(2)10-22(28,29)30)37-20(39)16-4-3-12(7-18(16)24(34,35)36)19(27)9-17(23(31,32)33)13-5-14(25)8-15(26)6-13/h3-9,11,17H,10H2,1-2H3,(H,37,39)/b19-9-. The van der Waals surface area contributed by atoms with Crippen molar-refractivity contribution in [2.75, 3.05) is 13.6 Å². The van der Waals surface area contributed by atoms with Gasteiger partial charge in [0.25, 0.3) is 5.91 Å². The van der Waals surface area contributed by atoms with Crippen LogP contribution < -0.4 is 5.32 Å². The van der Waals surface area contributed by atoms with Gasteiger partial charge in [0.15, 0.2) is 0 Å². The van der Waals surface area contributed by atoms with Gasteiger partial charge in [-0.1, -0.05) is 29.3 Å². The van der Waals surface area contributed by atoms with Crippen LogP contribution in [0.2, 0.25) is 10.0 Å². The van der Waals surface area contributed by atoms with E-state index in [1.165, 1.54) is 0 Å². The van der Waals surface area contributed by atoms with E-state index in [2.05, 4.69) is 0 Å². The zero-order valence-corrected chi connectivity index (χ0v) is 21.7. The van der Waals surface area contributed by atoms with E-state index in [1.54, 1.807) is 0 Å². The van der Waals surface area contributed by atoms with Crippen molar-refractivity contribution < 1.29 is 53.5 Å². The zero-order chi connectivity index (χ0) is 30.8. The minimum Gasteiger partial charge on any atom is -0.341 e. The zero-order valence-electron chi connectivity index (χ0n) is 20.2. The molecule has 0 aromatic heterocycles. The van der Waals surface area contributed by atoms with Gasteiger partial charge in [0.05, 0.1) is 11.1 Å². The molecule has 2 unspecified atom stereocenters. The molecule has 220 valence electrons. The second-order valence-corrected chi connectivity index (χ2v) is 9.37. The number of amides is 2. The summed E-state index contributed by atoms with van der Waals surface area (Å²) in [5.74, 6) is -7.22. The second kappa shape index (κ2) is 12.2. The van der Waals surface area contributed by atoms with E-state index in [4.69, 9.17) is 23.2 Å². The molecular formula is C24H18Cl2F10N2O2. The number of likely N-dealkylation sites (N-methyl/N-ethyl adjacent to an activating group) is 1. The quantitative estimate of drug-likeness (QED) is 0.319. The maximum Gasteiger partial charge on any atom is 0.417 e. The summed E-state index contributed by atoms with van der Waals surface area (Å²) >= 11 is 11.4. The SMILES string of the molecule is CC(NC(=O)c1ccc(/C(F)=C/C(c2cc(Cl)cc(Cl)c2)C(F)(F)F)cc1C(F)(F)F)C(=O)N(C)CC(F)(F)F. The first-order valence-corrected chi connectivity index (χ1v) is 11.6. The van der Waals surface area contributed by atoms with Crippen LogP contribution >= 0.6 is 23.2 Å². The number of hydrogen-bond donors (Lipinski definition) is 1. The Balaban J connectivity index is 2.45. The predicted molar refractivity (Wildman–Crippen MR) is 126 cm³/mol. The molecule has 2 amide bonds. The van der Waals surface area contributed by atoms with Crippen LogP contribution in [-0.2, 0) is 11.0 Å². The molecule has 0 saturated heterocycles. The topological polar surface area (TPSA) is 49.4 Å². The third kappa shape index (κ3) is 9.01. The Morgan fingerprint density at radius 2 is 1.50 bits per heavy atom. The summed E-state index contributed by atoms with van der Waals surface area (Å²) in [4.78, 5) is 24.8. The lowest BCUT2D eigenvalue weighted by atomic mass is 9.95. The van der Waals surface area contributed by atoms with E-state index in [0.717, 1.165) is 32.2 Å². The summed E-state index contributed by atoms with van der Waals surface area (Å²) in [6.07, 6.45) is -15.2. The van der Waals surface area contributed by atoms with E-state index in [9.17, 15) is 53.5 Å². The minimum atomic E-state index is -5.33. The predicted octanol–water partition coefficient (Wildman–Crippen LogP) is 7.81. The number of rotatable bonds is 7. The van der Waals surface area contributed by atoms with Crippen LogP contribution in [-0.4, -0.2) is 48.7 Å². The molecule has 16 heteroatoms. The number of alkyl halides is 9. The first kappa shape index (κ1) is 33.2. The van der Waals surface area contributed by atoms with Crippen LogP contribution in [0.15, 0.2) is 42.5 Å². The van der Waals surface area contributed by atoms with Crippen molar-refractivity contribution in [3.63, 3.8) is 0 Å². The molecule has 1 N–H and O–H groups in total. The van der Waals surface area contributed by atoms with Crippen molar-refractivity contribution in [2.45, 2.75) is 37.4 Å². The van der Waals surface area contributed by atoms with Gasteiger partial charge in [-0.15, -0.1) is 0 Å². The molecule has 2 aromatic carbocycles. The maximum atomic E-state index is 14.9. The lowest BCUT2D eigenvalue weighted by molar-refractivity contribution is -0.159. The molecular weight excluding hydrogens is 609 g/mol. The monoisotopic (exact) mass is 626 g/mol. The van der Waals surface area contributed by atoms with E-state index in [-0.39, 0.29) is 27.1 Å². The van der Waals surface area contributed by atoms with E-state index < -0.39 is 76.9 Å². The molecule has 0 saturated carbocycles. The largest absolute Gasteiger partial charge is 0.417 e. The summed E-state index contributed by atoms with van der Waals surface area (Å²) in [6, 6.07) is 2.24. The van der Waals surface area contributed by atoms with Crippen LogP contribution in [0.1, 0.15) is 39.9 Å². The van der Waals surface area contributed by atoms with Gasteiger partial charge in [0.2, 0.25) is 5.91 Å². The van der Waals surface area contributed by atoms with Crippen LogP contribution in [0, 0.1) is 0 Å². The molecule has 2 atom stereocenters. The Bertz CT molecular complexity index is 1270. The van der Waals surface area contributed by atoms with Gasteiger partial charge in [0.1, 0.15) is 24.3 Å². The Kier molecular flexibility index (Phi) is 10.2. The summed E-state index contributed by atoms with van der Waals surface area (Å²) in [6.45, 7) is -0.767. The molecule has 0 aliphatic rings. The number of carbonyl (C=O) groups excluding carboxylic acids is 2. The van der Waals surface area contributed by atoms with Crippen LogP contribution in [0.25, 0.3) is 5.83 Å². The number of allylic oxidation sites excluding steroid dienone is 1. The lowest BCUT2D eigenvalue weighted by Crippen LogP contribution is -2.48. The van der Waals surface area contributed by atoms with Crippen molar-refractivity contribution in [1.29, 1.82) is 0 Å². The number of hydrogen-bond acceptors (Lipinski definition) is 2. The fourth-order valence-corrected chi connectivity index (χ4v) is 4.06. The molecule has 40 heavy (non-hydrogen) atoms. The summed E-state index contributed by atoms with van der Waals surface area (Å²) in [7, 11) is 0.759. The van der Waals surface area contributed by atoms with Crippen molar-refractivity contribution in [1.82, 2.24) is 10.2 Å². The Labute approximate surface area is 230 Å². The minimum absolute atomic E-state index is 0.00838. The molecule has 0 spiro atoms. The Hall–Kier alpha value is -3.00. The molecule has 0 bridgehead atoms. The summed E-state index contributed by atoms with van der Waals surface area (Å²) in [5.41, 5.74) is -4.50. The number of halogens is 12. The molecule has 0 radical (unpaired) electrons. The van der Waals surface area contributed by atoms with Gasteiger partial charge < -0.3 is 10.2 Å². The van der Waals surface area contributed by atoms with E-state index in [1.807, 2.05) is 5.32 Å².